The Balaban J connectivity index is 3.45. The van der Waals surface area contributed by atoms with Crippen LogP contribution in [0.3, 0.4) is 0 Å². The Morgan fingerprint density at radius 1 is 0.443 bits per heavy atom. The first-order valence-electron chi connectivity index (χ1n) is 27.4. The summed E-state index contributed by atoms with van der Waals surface area (Å²) >= 11 is 0. The summed E-state index contributed by atoms with van der Waals surface area (Å²) in [7, 11) is 0. The number of carbonyl (C=O) groups excluding carboxylic acids is 2. The molecule has 362 valence electrons. The Kier molecular flexibility index (Phi) is 50.1. The van der Waals surface area contributed by atoms with Crippen molar-refractivity contribution in [2.45, 2.75) is 315 Å². The molecule has 0 spiro atoms. The molecule has 2 unspecified atom stereocenters. The van der Waals surface area contributed by atoms with Crippen molar-refractivity contribution in [3.8, 4) is 0 Å². The van der Waals surface area contributed by atoms with Gasteiger partial charge in [-0.15, -0.1) is 0 Å². The molecule has 2 atom stereocenters. The molecule has 0 saturated heterocycles. The Labute approximate surface area is 380 Å². The number of rotatable bonds is 51. The number of unbranched alkanes of at least 4 members (excludes halogenated alkanes) is 38. The van der Waals surface area contributed by atoms with Crippen LogP contribution >= 0.6 is 0 Å². The molecule has 6 heteroatoms. The standard InChI is InChI=1S/C55H107NO5/c1-3-5-7-9-11-13-15-16-21-24-28-31-35-39-43-47-53(58)52(51-57)56-54(59)48-44-40-36-32-29-25-22-19-17-18-20-23-26-30-34-38-42-46-50-61-55(60)49-45-41-37-33-27-14-12-10-8-6-4-2/h19,22,52-53,57-58H,3-18,20-21,23-51H2,1-2H3,(H,56,59)/b22-19-. The van der Waals surface area contributed by atoms with Crippen molar-refractivity contribution in [1.29, 1.82) is 0 Å². The molecular weight excluding hydrogens is 755 g/mol. The fraction of sp³-hybridized carbons (Fsp3) is 0.927. The van der Waals surface area contributed by atoms with Crippen LogP contribution in [0.1, 0.15) is 303 Å². The van der Waals surface area contributed by atoms with Gasteiger partial charge in [-0.25, -0.2) is 0 Å². The summed E-state index contributed by atoms with van der Waals surface area (Å²) in [4.78, 5) is 24.4. The van der Waals surface area contributed by atoms with Gasteiger partial charge in [0.05, 0.1) is 25.4 Å². The lowest BCUT2D eigenvalue weighted by Gasteiger charge is -2.22. The second-order valence-corrected chi connectivity index (χ2v) is 18.9. The van der Waals surface area contributed by atoms with Gasteiger partial charge >= 0.3 is 5.97 Å². The SMILES string of the molecule is CCCCCCCCCCCCCCCCCC(O)C(CO)NC(=O)CCCCCCC/C=C\CCCCCCCCCCCOC(=O)CCCCCCCCCCCCC. The van der Waals surface area contributed by atoms with Gasteiger partial charge in [0.1, 0.15) is 0 Å². The van der Waals surface area contributed by atoms with Crippen LogP contribution in [0.4, 0.5) is 0 Å². The number of aliphatic hydroxyl groups is 2. The smallest absolute Gasteiger partial charge is 0.305 e. The number of hydrogen-bond donors (Lipinski definition) is 3. The maximum absolute atomic E-state index is 12.5. The number of aliphatic hydroxyl groups excluding tert-OH is 2. The van der Waals surface area contributed by atoms with E-state index in [0.29, 0.717) is 25.9 Å². The molecule has 0 rings (SSSR count). The van der Waals surface area contributed by atoms with Gasteiger partial charge in [0.25, 0.3) is 0 Å². The predicted molar refractivity (Wildman–Crippen MR) is 264 cm³/mol. The zero-order chi connectivity index (χ0) is 44.4. The molecule has 0 aliphatic carbocycles. The second-order valence-electron chi connectivity index (χ2n) is 18.9. The van der Waals surface area contributed by atoms with E-state index in [9.17, 15) is 19.8 Å². The fourth-order valence-electron chi connectivity index (χ4n) is 8.58. The second kappa shape index (κ2) is 51.2. The number of amides is 1. The van der Waals surface area contributed by atoms with E-state index in [1.54, 1.807) is 0 Å². The maximum Gasteiger partial charge on any atom is 0.305 e. The van der Waals surface area contributed by atoms with Crippen LogP contribution < -0.4 is 5.32 Å². The van der Waals surface area contributed by atoms with Crippen LogP contribution in [0.25, 0.3) is 0 Å². The summed E-state index contributed by atoms with van der Waals surface area (Å²) in [6.45, 7) is 4.94. The minimum Gasteiger partial charge on any atom is -0.466 e. The average molecular weight is 862 g/mol. The summed E-state index contributed by atoms with van der Waals surface area (Å²) < 4.78 is 5.45. The average Bonchev–Trinajstić information content (AvgIpc) is 3.26. The van der Waals surface area contributed by atoms with E-state index < -0.39 is 12.1 Å². The van der Waals surface area contributed by atoms with Gasteiger partial charge in [0.15, 0.2) is 0 Å². The highest BCUT2D eigenvalue weighted by Gasteiger charge is 2.20. The Bertz CT molecular complexity index is 909. The van der Waals surface area contributed by atoms with Gasteiger partial charge in [0, 0.05) is 12.8 Å². The Morgan fingerprint density at radius 3 is 1.16 bits per heavy atom. The monoisotopic (exact) mass is 862 g/mol. The van der Waals surface area contributed by atoms with Crippen LogP contribution in [0, 0.1) is 0 Å². The van der Waals surface area contributed by atoms with Crippen LogP contribution in [0.2, 0.25) is 0 Å². The van der Waals surface area contributed by atoms with E-state index in [4.69, 9.17) is 4.74 Å². The molecule has 0 aromatic carbocycles. The van der Waals surface area contributed by atoms with Crippen LogP contribution in [-0.2, 0) is 14.3 Å². The van der Waals surface area contributed by atoms with Crippen molar-refractivity contribution in [1.82, 2.24) is 5.32 Å². The molecule has 0 heterocycles. The van der Waals surface area contributed by atoms with Crippen molar-refractivity contribution in [3.63, 3.8) is 0 Å². The van der Waals surface area contributed by atoms with Crippen molar-refractivity contribution < 1.29 is 24.5 Å². The van der Waals surface area contributed by atoms with Gasteiger partial charge < -0.3 is 20.3 Å². The highest BCUT2D eigenvalue weighted by Crippen LogP contribution is 2.17. The first-order valence-corrected chi connectivity index (χ1v) is 27.4. The minimum atomic E-state index is -0.671. The predicted octanol–water partition coefficient (Wildman–Crippen LogP) is 16.5. The topological polar surface area (TPSA) is 95.9 Å². The minimum absolute atomic E-state index is 0.00296. The lowest BCUT2D eigenvalue weighted by atomic mass is 10.0. The molecule has 61 heavy (non-hydrogen) atoms. The molecular formula is C55H107NO5. The third kappa shape index (κ3) is 47.9. The molecule has 0 saturated carbocycles. The molecule has 0 bridgehead atoms. The van der Waals surface area contributed by atoms with E-state index in [0.717, 1.165) is 57.8 Å². The number of esters is 1. The zero-order valence-electron chi connectivity index (χ0n) is 41.2. The fourth-order valence-corrected chi connectivity index (χ4v) is 8.58. The summed E-state index contributed by atoms with van der Waals surface area (Å²) in [5.41, 5.74) is 0. The summed E-state index contributed by atoms with van der Waals surface area (Å²) in [5.74, 6) is -0.0448. The summed E-state index contributed by atoms with van der Waals surface area (Å²) in [6.07, 6.45) is 59.0. The first kappa shape index (κ1) is 59.6. The molecule has 3 N–H and O–H groups in total. The molecule has 6 nitrogen and oxygen atoms in total. The van der Waals surface area contributed by atoms with Crippen molar-refractivity contribution in [2.75, 3.05) is 13.2 Å². The highest BCUT2D eigenvalue weighted by atomic mass is 16.5. The Morgan fingerprint density at radius 2 is 0.770 bits per heavy atom. The van der Waals surface area contributed by atoms with Crippen molar-refractivity contribution in [3.05, 3.63) is 12.2 Å². The first-order chi connectivity index (χ1) is 30.0. The molecule has 0 aliphatic rings. The number of ether oxygens (including phenoxy) is 1. The summed E-state index contributed by atoms with van der Waals surface area (Å²) in [6, 6.07) is -0.550. The number of allylic oxidation sites excluding steroid dienone is 2. The van der Waals surface area contributed by atoms with E-state index in [2.05, 4.69) is 31.3 Å². The third-order valence-electron chi connectivity index (χ3n) is 12.8. The maximum atomic E-state index is 12.5. The molecule has 0 radical (unpaired) electrons. The van der Waals surface area contributed by atoms with E-state index in [1.807, 2.05) is 0 Å². The highest BCUT2D eigenvalue weighted by molar-refractivity contribution is 5.76. The largest absolute Gasteiger partial charge is 0.466 e. The normalized spacial score (nSPS) is 12.7. The van der Waals surface area contributed by atoms with E-state index >= 15 is 0 Å². The third-order valence-corrected chi connectivity index (χ3v) is 12.8. The number of hydrogen-bond acceptors (Lipinski definition) is 5. The quantitative estimate of drug-likeness (QED) is 0.0322. The Hall–Kier alpha value is -1.40. The molecule has 0 aromatic rings. The van der Waals surface area contributed by atoms with Gasteiger partial charge in [-0.1, -0.05) is 251 Å². The van der Waals surface area contributed by atoms with Gasteiger partial charge in [-0.05, 0) is 51.4 Å². The van der Waals surface area contributed by atoms with Crippen LogP contribution in [-0.4, -0.2) is 47.4 Å². The number of carbonyl (C=O) groups is 2. The zero-order valence-corrected chi connectivity index (χ0v) is 41.2. The van der Waals surface area contributed by atoms with Gasteiger partial charge in [-0.2, -0.15) is 0 Å². The van der Waals surface area contributed by atoms with E-state index in [1.165, 1.54) is 212 Å². The molecule has 0 aliphatic heterocycles. The van der Waals surface area contributed by atoms with Crippen LogP contribution in [0.15, 0.2) is 12.2 Å². The number of nitrogens with one attached hydrogen (secondary N) is 1. The van der Waals surface area contributed by atoms with E-state index in [-0.39, 0.29) is 18.5 Å². The molecule has 1 amide bonds. The lowest BCUT2D eigenvalue weighted by Crippen LogP contribution is -2.45. The molecule has 0 fully saturated rings. The summed E-state index contributed by atoms with van der Waals surface area (Å²) in [5, 5.41) is 23.2. The van der Waals surface area contributed by atoms with Gasteiger partial charge in [0.2, 0.25) is 5.91 Å². The molecule has 0 aromatic heterocycles. The lowest BCUT2D eigenvalue weighted by molar-refractivity contribution is -0.143. The van der Waals surface area contributed by atoms with Crippen molar-refractivity contribution >= 4 is 11.9 Å². The van der Waals surface area contributed by atoms with Crippen LogP contribution in [0.5, 0.6) is 0 Å². The van der Waals surface area contributed by atoms with Crippen molar-refractivity contribution in [2.24, 2.45) is 0 Å². The van der Waals surface area contributed by atoms with Gasteiger partial charge in [-0.3, -0.25) is 9.59 Å².